The molecule has 0 rings (SSSR count). The normalized spacial score (nSPS) is 14.8. The van der Waals surface area contributed by atoms with Gasteiger partial charge in [0.15, 0.2) is 0 Å². The smallest absolute Gasteiger partial charge is 0.326 e. The standard InChI is InChI=1S/C13H25N3O4/c1-5-7-14-11(17)9(4)15-13(20)16-10(12(18)19)8(3)6-2/h8-10H,5-7H2,1-4H3,(H,14,17)(H,18,19)(H2,15,16,20)/t8?,9?,10-/m0/s1. The van der Waals surface area contributed by atoms with Crippen LogP contribution in [0.4, 0.5) is 4.79 Å². The zero-order valence-electron chi connectivity index (χ0n) is 12.5. The summed E-state index contributed by atoms with van der Waals surface area (Å²) in [5.41, 5.74) is 0. The van der Waals surface area contributed by atoms with Crippen molar-refractivity contribution < 1.29 is 19.5 Å². The highest BCUT2D eigenvalue weighted by Crippen LogP contribution is 2.07. The van der Waals surface area contributed by atoms with E-state index in [4.69, 9.17) is 5.11 Å². The topological polar surface area (TPSA) is 108 Å². The van der Waals surface area contributed by atoms with Crippen molar-refractivity contribution in [3.05, 3.63) is 0 Å². The van der Waals surface area contributed by atoms with Crippen LogP contribution < -0.4 is 16.0 Å². The van der Waals surface area contributed by atoms with E-state index in [0.717, 1.165) is 6.42 Å². The third kappa shape index (κ3) is 6.40. The molecular weight excluding hydrogens is 262 g/mol. The van der Waals surface area contributed by atoms with E-state index in [-0.39, 0.29) is 11.8 Å². The summed E-state index contributed by atoms with van der Waals surface area (Å²) in [5.74, 6) is -1.57. The van der Waals surface area contributed by atoms with Crippen molar-refractivity contribution in [2.24, 2.45) is 5.92 Å². The number of hydrogen-bond acceptors (Lipinski definition) is 3. The van der Waals surface area contributed by atoms with E-state index in [1.807, 2.05) is 13.8 Å². The molecule has 0 radical (unpaired) electrons. The highest BCUT2D eigenvalue weighted by molar-refractivity contribution is 5.88. The molecule has 3 amide bonds. The number of aliphatic carboxylic acids is 1. The maximum atomic E-state index is 11.7. The summed E-state index contributed by atoms with van der Waals surface area (Å²) in [7, 11) is 0. The van der Waals surface area contributed by atoms with E-state index >= 15 is 0 Å². The molecule has 0 heterocycles. The molecule has 0 aliphatic rings. The predicted molar refractivity (Wildman–Crippen MR) is 75.3 cm³/mol. The second kappa shape index (κ2) is 9.17. The number of nitrogens with one attached hydrogen (secondary N) is 3. The molecule has 0 saturated heterocycles. The Morgan fingerprint density at radius 2 is 1.70 bits per heavy atom. The van der Waals surface area contributed by atoms with Crippen molar-refractivity contribution in [3.63, 3.8) is 0 Å². The van der Waals surface area contributed by atoms with E-state index in [1.165, 1.54) is 0 Å². The molecule has 4 N–H and O–H groups in total. The van der Waals surface area contributed by atoms with E-state index < -0.39 is 24.1 Å². The molecule has 0 aliphatic carbocycles. The maximum Gasteiger partial charge on any atom is 0.326 e. The Balaban J connectivity index is 4.38. The van der Waals surface area contributed by atoms with Crippen LogP contribution in [0.5, 0.6) is 0 Å². The van der Waals surface area contributed by atoms with Gasteiger partial charge in [-0.3, -0.25) is 4.79 Å². The fourth-order valence-corrected chi connectivity index (χ4v) is 1.53. The van der Waals surface area contributed by atoms with Crippen LogP contribution >= 0.6 is 0 Å². The lowest BCUT2D eigenvalue weighted by Crippen LogP contribution is -2.53. The minimum absolute atomic E-state index is 0.192. The molecule has 7 heteroatoms. The molecule has 0 saturated carbocycles. The van der Waals surface area contributed by atoms with Gasteiger partial charge in [-0.15, -0.1) is 0 Å². The van der Waals surface area contributed by atoms with Gasteiger partial charge < -0.3 is 21.1 Å². The molecule has 0 aliphatic heterocycles. The van der Waals surface area contributed by atoms with Crippen molar-refractivity contribution in [2.45, 2.75) is 52.6 Å². The minimum atomic E-state index is -1.09. The Morgan fingerprint density at radius 1 is 1.10 bits per heavy atom. The Hall–Kier alpha value is -1.79. The van der Waals surface area contributed by atoms with Crippen LogP contribution in [0.15, 0.2) is 0 Å². The molecule has 0 bridgehead atoms. The lowest BCUT2D eigenvalue weighted by Gasteiger charge is -2.21. The van der Waals surface area contributed by atoms with Gasteiger partial charge in [0.05, 0.1) is 0 Å². The Bertz CT molecular complexity index is 347. The number of carbonyl (C=O) groups excluding carboxylic acids is 2. The number of carboxylic acids is 1. The fourth-order valence-electron chi connectivity index (χ4n) is 1.53. The fraction of sp³-hybridized carbons (Fsp3) is 0.769. The zero-order valence-corrected chi connectivity index (χ0v) is 12.5. The maximum absolute atomic E-state index is 11.7. The van der Waals surface area contributed by atoms with E-state index in [1.54, 1.807) is 13.8 Å². The molecule has 2 unspecified atom stereocenters. The Labute approximate surface area is 119 Å². The lowest BCUT2D eigenvalue weighted by molar-refractivity contribution is -0.140. The monoisotopic (exact) mass is 287 g/mol. The largest absolute Gasteiger partial charge is 0.480 e. The van der Waals surface area contributed by atoms with Crippen molar-refractivity contribution in [2.75, 3.05) is 6.54 Å². The molecular formula is C13H25N3O4. The molecule has 0 spiro atoms. The van der Waals surface area contributed by atoms with E-state index in [2.05, 4.69) is 16.0 Å². The Kier molecular flexibility index (Phi) is 8.35. The van der Waals surface area contributed by atoms with Crippen LogP contribution in [0.2, 0.25) is 0 Å². The number of carbonyl (C=O) groups is 3. The van der Waals surface area contributed by atoms with Crippen molar-refractivity contribution in [3.8, 4) is 0 Å². The third-order valence-corrected chi connectivity index (χ3v) is 3.06. The molecule has 7 nitrogen and oxygen atoms in total. The van der Waals surface area contributed by atoms with Gasteiger partial charge >= 0.3 is 12.0 Å². The van der Waals surface area contributed by atoms with Crippen LogP contribution in [-0.2, 0) is 9.59 Å². The number of carboxylic acid groups (broad SMARTS) is 1. The number of rotatable bonds is 8. The first kappa shape index (κ1) is 18.2. The number of urea groups is 1. The van der Waals surface area contributed by atoms with Gasteiger partial charge in [-0.05, 0) is 19.3 Å². The quantitative estimate of drug-likeness (QED) is 0.527. The van der Waals surface area contributed by atoms with Crippen LogP contribution in [0, 0.1) is 5.92 Å². The van der Waals surface area contributed by atoms with E-state index in [0.29, 0.717) is 13.0 Å². The first-order chi connectivity index (χ1) is 9.33. The van der Waals surface area contributed by atoms with Crippen LogP contribution in [0.25, 0.3) is 0 Å². The average Bonchev–Trinajstić information content (AvgIpc) is 2.40. The molecule has 0 aromatic heterocycles. The zero-order chi connectivity index (χ0) is 15.7. The number of amides is 3. The molecule has 0 aromatic carbocycles. The highest BCUT2D eigenvalue weighted by Gasteiger charge is 2.26. The van der Waals surface area contributed by atoms with Gasteiger partial charge in [0.1, 0.15) is 12.1 Å². The molecule has 116 valence electrons. The van der Waals surface area contributed by atoms with Gasteiger partial charge in [-0.2, -0.15) is 0 Å². The molecule has 0 aromatic rings. The molecule has 3 atom stereocenters. The third-order valence-electron chi connectivity index (χ3n) is 3.06. The van der Waals surface area contributed by atoms with E-state index in [9.17, 15) is 14.4 Å². The summed E-state index contributed by atoms with van der Waals surface area (Å²) in [6.07, 6.45) is 1.43. The summed E-state index contributed by atoms with van der Waals surface area (Å²) in [6.45, 7) is 7.60. The summed E-state index contributed by atoms with van der Waals surface area (Å²) >= 11 is 0. The van der Waals surface area contributed by atoms with Gasteiger partial charge in [-0.1, -0.05) is 27.2 Å². The van der Waals surface area contributed by atoms with Gasteiger partial charge in [0.25, 0.3) is 0 Å². The number of hydrogen-bond donors (Lipinski definition) is 4. The summed E-state index contributed by atoms with van der Waals surface area (Å²) in [6, 6.07) is -2.34. The van der Waals surface area contributed by atoms with Crippen LogP contribution in [-0.4, -0.2) is 41.6 Å². The highest BCUT2D eigenvalue weighted by atomic mass is 16.4. The SMILES string of the molecule is CCCNC(=O)C(C)NC(=O)N[C@H](C(=O)O)C(C)CC. The average molecular weight is 287 g/mol. The van der Waals surface area contributed by atoms with Crippen LogP contribution in [0.1, 0.15) is 40.5 Å². The predicted octanol–water partition coefficient (Wildman–Crippen LogP) is 0.700. The van der Waals surface area contributed by atoms with Crippen molar-refractivity contribution >= 4 is 17.9 Å². The molecule has 20 heavy (non-hydrogen) atoms. The molecule has 0 fully saturated rings. The summed E-state index contributed by atoms with van der Waals surface area (Å²) in [4.78, 5) is 34.4. The minimum Gasteiger partial charge on any atom is -0.480 e. The second-order valence-corrected chi connectivity index (χ2v) is 4.83. The van der Waals surface area contributed by atoms with Gasteiger partial charge in [-0.25, -0.2) is 9.59 Å². The lowest BCUT2D eigenvalue weighted by atomic mass is 9.99. The van der Waals surface area contributed by atoms with Crippen LogP contribution in [0.3, 0.4) is 0 Å². The second-order valence-electron chi connectivity index (χ2n) is 4.83. The summed E-state index contributed by atoms with van der Waals surface area (Å²) < 4.78 is 0. The van der Waals surface area contributed by atoms with Gasteiger partial charge in [0.2, 0.25) is 5.91 Å². The first-order valence-corrected chi connectivity index (χ1v) is 6.90. The Morgan fingerprint density at radius 3 is 2.15 bits per heavy atom. The van der Waals surface area contributed by atoms with Crippen molar-refractivity contribution in [1.82, 2.24) is 16.0 Å². The first-order valence-electron chi connectivity index (χ1n) is 6.90. The summed E-state index contributed by atoms with van der Waals surface area (Å²) in [5, 5.41) is 16.5. The van der Waals surface area contributed by atoms with Gasteiger partial charge in [0, 0.05) is 6.54 Å². The van der Waals surface area contributed by atoms with Crippen molar-refractivity contribution in [1.29, 1.82) is 0 Å².